The molecule has 0 aliphatic carbocycles. The van der Waals surface area contributed by atoms with Gasteiger partial charge in [-0.3, -0.25) is 4.79 Å². The van der Waals surface area contributed by atoms with Crippen molar-refractivity contribution in [3.8, 4) is 0 Å². The lowest BCUT2D eigenvalue weighted by Gasteiger charge is -2.10. The van der Waals surface area contributed by atoms with Crippen LogP contribution in [0.5, 0.6) is 0 Å². The Morgan fingerprint density at radius 1 is 1.40 bits per heavy atom. The fraction of sp³-hybridized carbons (Fsp3) is 0.364. The summed E-state index contributed by atoms with van der Waals surface area (Å²) in [5.41, 5.74) is 6.84. The lowest BCUT2D eigenvalue weighted by atomic mass is 10.1. The Hall–Kier alpha value is -1.55. The van der Waals surface area contributed by atoms with E-state index >= 15 is 0 Å². The minimum absolute atomic E-state index is 0.0644. The molecule has 0 saturated carbocycles. The van der Waals surface area contributed by atoms with E-state index in [0.717, 1.165) is 13.0 Å². The van der Waals surface area contributed by atoms with E-state index in [9.17, 15) is 4.79 Å². The molecular weight excluding hydrogens is 192 g/mol. The molecule has 1 aliphatic heterocycles. The molecule has 1 aliphatic rings. The van der Waals surface area contributed by atoms with Gasteiger partial charge in [0.25, 0.3) is 5.91 Å². The number of carbonyl (C=O) groups is 1. The number of ether oxygens (including phenoxy) is 1. The first-order chi connectivity index (χ1) is 7.25. The van der Waals surface area contributed by atoms with Crippen molar-refractivity contribution in [3.63, 3.8) is 0 Å². The normalized spacial score (nSPS) is 20.1. The Labute approximate surface area is 88.4 Å². The molecule has 1 atom stereocenters. The average Bonchev–Trinajstić information content (AvgIpc) is 2.71. The summed E-state index contributed by atoms with van der Waals surface area (Å²) in [6.07, 6.45) is 0.890. The van der Waals surface area contributed by atoms with Crippen molar-refractivity contribution in [2.24, 2.45) is 0 Å². The topological polar surface area (TPSA) is 64.4 Å². The van der Waals surface area contributed by atoms with E-state index in [1.807, 2.05) is 0 Å². The Morgan fingerprint density at radius 3 is 2.73 bits per heavy atom. The molecule has 2 rings (SSSR count). The number of benzene rings is 1. The lowest BCUT2D eigenvalue weighted by Crippen LogP contribution is -2.34. The molecule has 1 unspecified atom stereocenters. The average molecular weight is 206 g/mol. The van der Waals surface area contributed by atoms with Crippen molar-refractivity contribution in [2.45, 2.75) is 12.5 Å². The highest BCUT2D eigenvalue weighted by Crippen LogP contribution is 2.08. The summed E-state index contributed by atoms with van der Waals surface area (Å²) < 4.78 is 5.18. The van der Waals surface area contributed by atoms with Gasteiger partial charge in [0.2, 0.25) is 0 Å². The Kier molecular flexibility index (Phi) is 2.87. The Balaban J connectivity index is 1.98. The third kappa shape index (κ3) is 2.47. The molecule has 80 valence electrons. The molecule has 0 spiro atoms. The maximum Gasteiger partial charge on any atom is 0.251 e. The molecule has 1 amide bonds. The first-order valence-corrected chi connectivity index (χ1v) is 5.00. The molecule has 1 heterocycles. The van der Waals surface area contributed by atoms with Crippen molar-refractivity contribution in [1.29, 1.82) is 0 Å². The quantitative estimate of drug-likeness (QED) is 0.703. The SMILES string of the molecule is Nc1ccc(C(=O)NC2CCOC2)cc1. The Bertz CT molecular complexity index is 342. The van der Waals surface area contributed by atoms with Crippen LogP contribution in [0.15, 0.2) is 24.3 Å². The van der Waals surface area contributed by atoms with E-state index in [2.05, 4.69) is 5.32 Å². The van der Waals surface area contributed by atoms with E-state index in [1.54, 1.807) is 24.3 Å². The summed E-state index contributed by atoms with van der Waals surface area (Å²) in [7, 11) is 0. The van der Waals surface area contributed by atoms with Crippen LogP contribution >= 0.6 is 0 Å². The maximum atomic E-state index is 11.7. The number of hydrogen-bond donors (Lipinski definition) is 2. The molecule has 1 aromatic carbocycles. The number of nitrogens with two attached hydrogens (primary N) is 1. The van der Waals surface area contributed by atoms with Crippen LogP contribution in [-0.2, 0) is 4.74 Å². The number of hydrogen-bond acceptors (Lipinski definition) is 3. The third-order valence-electron chi connectivity index (χ3n) is 2.44. The summed E-state index contributed by atoms with van der Waals surface area (Å²) in [6, 6.07) is 7.04. The molecule has 1 aromatic rings. The Morgan fingerprint density at radius 2 is 2.13 bits per heavy atom. The summed E-state index contributed by atoms with van der Waals surface area (Å²) in [5.74, 6) is -0.0644. The van der Waals surface area contributed by atoms with Crippen LogP contribution in [0.2, 0.25) is 0 Å². The van der Waals surface area contributed by atoms with Gasteiger partial charge in [0.1, 0.15) is 0 Å². The first kappa shape index (κ1) is 9.98. The van der Waals surface area contributed by atoms with Gasteiger partial charge in [0, 0.05) is 17.9 Å². The molecule has 1 saturated heterocycles. The van der Waals surface area contributed by atoms with Crippen molar-refractivity contribution < 1.29 is 9.53 Å². The van der Waals surface area contributed by atoms with Crippen molar-refractivity contribution in [3.05, 3.63) is 29.8 Å². The summed E-state index contributed by atoms with van der Waals surface area (Å²) in [4.78, 5) is 11.7. The van der Waals surface area contributed by atoms with Crippen molar-refractivity contribution >= 4 is 11.6 Å². The first-order valence-electron chi connectivity index (χ1n) is 5.00. The number of carbonyl (C=O) groups excluding carboxylic acids is 1. The number of nitrogens with one attached hydrogen (secondary N) is 1. The number of nitrogen functional groups attached to an aromatic ring is 1. The van der Waals surface area contributed by atoms with E-state index in [0.29, 0.717) is 17.9 Å². The van der Waals surface area contributed by atoms with Crippen LogP contribution in [0.3, 0.4) is 0 Å². The summed E-state index contributed by atoms with van der Waals surface area (Å²) in [6.45, 7) is 1.34. The monoisotopic (exact) mass is 206 g/mol. The zero-order valence-corrected chi connectivity index (χ0v) is 8.40. The standard InChI is InChI=1S/C11H14N2O2/c12-9-3-1-8(2-4-9)11(14)13-10-5-6-15-7-10/h1-4,10H,5-7,12H2,(H,13,14). The predicted octanol–water partition coefficient (Wildman–Crippen LogP) is 0.787. The second-order valence-electron chi connectivity index (χ2n) is 3.66. The van der Waals surface area contributed by atoms with Gasteiger partial charge >= 0.3 is 0 Å². The fourth-order valence-corrected chi connectivity index (χ4v) is 1.55. The van der Waals surface area contributed by atoms with Crippen molar-refractivity contribution in [2.75, 3.05) is 18.9 Å². The number of anilines is 1. The molecular formula is C11H14N2O2. The zero-order chi connectivity index (χ0) is 10.7. The molecule has 0 bridgehead atoms. The van der Waals surface area contributed by atoms with Crippen LogP contribution in [-0.4, -0.2) is 25.2 Å². The number of amides is 1. The fourth-order valence-electron chi connectivity index (χ4n) is 1.55. The minimum atomic E-state index is -0.0644. The van der Waals surface area contributed by atoms with Gasteiger partial charge in [-0.05, 0) is 30.7 Å². The van der Waals surface area contributed by atoms with Gasteiger partial charge in [-0.25, -0.2) is 0 Å². The third-order valence-corrected chi connectivity index (χ3v) is 2.44. The highest BCUT2D eigenvalue weighted by Gasteiger charge is 2.18. The van der Waals surface area contributed by atoms with Crippen LogP contribution < -0.4 is 11.1 Å². The van der Waals surface area contributed by atoms with Gasteiger partial charge in [0.05, 0.1) is 12.6 Å². The van der Waals surface area contributed by atoms with Crippen LogP contribution in [0, 0.1) is 0 Å². The molecule has 15 heavy (non-hydrogen) atoms. The minimum Gasteiger partial charge on any atom is -0.399 e. The second kappa shape index (κ2) is 4.31. The van der Waals surface area contributed by atoms with Crippen molar-refractivity contribution in [1.82, 2.24) is 5.32 Å². The van der Waals surface area contributed by atoms with Gasteiger partial charge in [-0.2, -0.15) is 0 Å². The molecule has 3 N–H and O–H groups in total. The molecule has 1 fully saturated rings. The second-order valence-corrected chi connectivity index (χ2v) is 3.66. The molecule has 0 aromatic heterocycles. The molecule has 0 radical (unpaired) electrons. The van der Waals surface area contributed by atoms with E-state index in [1.165, 1.54) is 0 Å². The molecule has 4 heteroatoms. The lowest BCUT2D eigenvalue weighted by molar-refractivity contribution is 0.0930. The highest BCUT2D eigenvalue weighted by atomic mass is 16.5. The summed E-state index contributed by atoms with van der Waals surface area (Å²) >= 11 is 0. The van der Waals surface area contributed by atoms with Gasteiger partial charge in [-0.1, -0.05) is 0 Å². The van der Waals surface area contributed by atoms with E-state index in [4.69, 9.17) is 10.5 Å². The van der Waals surface area contributed by atoms with E-state index < -0.39 is 0 Å². The number of rotatable bonds is 2. The van der Waals surface area contributed by atoms with Crippen LogP contribution in [0.25, 0.3) is 0 Å². The highest BCUT2D eigenvalue weighted by molar-refractivity contribution is 5.94. The molecule has 4 nitrogen and oxygen atoms in total. The van der Waals surface area contributed by atoms with Gasteiger partial charge in [0.15, 0.2) is 0 Å². The van der Waals surface area contributed by atoms with E-state index in [-0.39, 0.29) is 11.9 Å². The predicted molar refractivity (Wildman–Crippen MR) is 57.5 cm³/mol. The summed E-state index contributed by atoms with van der Waals surface area (Å²) in [5, 5.41) is 2.91. The van der Waals surface area contributed by atoms with Gasteiger partial charge in [-0.15, -0.1) is 0 Å². The maximum absolute atomic E-state index is 11.7. The zero-order valence-electron chi connectivity index (χ0n) is 8.40. The smallest absolute Gasteiger partial charge is 0.251 e. The van der Waals surface area contributed by atoms with Gasteiger partial charge < -0.3 is 15.8 Å². The van der Waals surface area contributed by atoms with Crippen LogP contribution in [0.4, 0.5) is 5.69 Å². The largest absolute Gasteiger partial charge is 0.399 e. The van der Waals surface area contributed by atoms with Crippen LogP contribution in [0.1, 0.15) is 16.8 Å².